The number of halogens is 2. The number of aryl methyl sites for hydroxylation is 1. The fourth-order valence-electron chi connectivity index (χ4n) is 3.58. The predicted octanol–water partition coefficient (Wildman–Crippen LogP) is 4.03. The van der Waals surface area contributed by atoms with E-state index in [0.29, 0.717) is 11.0 Å². The van der Waals surface area contributed by atoms with Crippen molar-refractivity contribution in [3.05, 3.63) is 34.3 Å². The third-order valence-electron chi connectivity index (χ3n) is 5.04. The van der Waals surface area contributed by atoms with Crippen molar-refractivity contribution in [3.8, 4) is 11.5 Å². The van der Waals surface area contributed by atoms with E-state index >= 15 is 0 Å². The smallest absolute Gasteiger partial charge is 0.387 e. The Morgan fingerprint density at radius 1 is 1.32 bits per heavy atom. The maximum atomic E-state index is 12.4. The van der Waals surface area contributed by atoms with Gasteiger partial charge in [-0.1, -0.05) is 19.8 Å². The van der Waals surface area contributed by atoms with E-state index in [0.717, 1.165) is 31.4 Å². The van der Waals surface area contributed by atoms with Gasteiger partial charge in [0.25, 0.3) is 5.91 Å². The zero-order valence-corrected chi connectivity index (χ0v) is 18.2. The average molecular weight is 454 g/mol. The Morgan fingerprint density at radius 3 is 2.84 bits per heavy atom. The quantitative estimate of drug-likeness (QED) is 0.599. The summed E-state index contributed by atoms with van der Waals surface area (Å²) in [5, 5.41) is 5.77. The molecule has 1 unspecified atom stereocenters. The summed E-state index contributed by atoms with van der Waals surface area (Å²) in [6.45, 7) is -1.07. The standard InChI is InChI=1S/C21H25F2N3O4S/c1-3-4-12-5-7-14-17(9-12)31-21(25-14)26-18(27)11-24-19(28)13-6-8-15(30-20(22)23)16(10-13)29-2/h6,8,10,12,20H,3-5,7,9,11H2,1-2H3,(H,24,28)(H,25,26,27). The van der Waals surface area contributed by atoms with Gasteiger partial charge in [-0.25, -0.2) is 4.98 Å². The number of anilines is 1. The lowest BCUT2D eigenvalue weighted by Crippen LogP contribution is -2.32. The number of aromatic nitrogens is 1. The van der Waals surface area contributed by atoms with Crippen LogP contribution in [0.2, 0.25) is 0 Å². The molecule has 3 rings (SSSR count). The molecule has 0 saturated carbocycles. The average Bonchev–Trinajstić information content (AvgIpc) is 3.13. The second-order valence-electron chi connectivity index (χ2n) is 7.26. The molecule has 168 valence electrons. The molecule has 0 aliphatic heterocycles. The molecule has 1 aromatic carbocycles. The molecular formula is C21H25F2N3O4S. The summed E-state index contributed by atoms with van der Waals surface area (Å²) in [7, 11) is 1.28. The third-order valence-corrected chi connectivity index (χ3v) is 6.07. The highest BCUT2D eigenvalue weighted by atomic mass is 32.1. The van der Waals surface area contributed by atoms with Crippen LogP contribution in [0.5, 0.6) is 11.5 Å². The lowest BCUT2D eigenvalue weighted by atomic mass is 9.88. The number of benzene rings is 1. The highest BCUT2D eigenvalue weighted by molar-refractivity contribution is 7.15. The molecule has 1 aromatic heterocycles. The lowest BCUT2D eigenvalue weighted by Gasteiger charge is -2.19. The number of rotatable bonds is 9. The first-order valence-corrected chi connectivity index (χ1v) is 10.9. The number of thiazole rings is 1. The fourth-order valence-corrected chi connectivity index (χ4v) is 4.72. The first-order chi connectivity index (χ1) is 14.9. The van der Waals surface area contributed by atoms with Crippen molar-refractivity contribution >= 4 is 28.3 Å². The van der Waals surface area contributed by atoms with Gasteiger partial charge in [-0.15, -0.1) is 11.3 Å². The van der Waals surface area contributed by atoms with E-state index in [1.54, 1.807) is 0 Å². The Morgan fingerprint density at radius 2 is 2.13 bits per heavy atom. The largest absolute Gasteiger partial charge is 0.493 e. The number of hydrogen-bond acceptors (Lipinski definition) is 6. The summed E-state index contributed by atoms with van der Waals surface area (Å²) >= 11 is 1.49. The third kappa shape index (κ3) is 6.13. The number of methoxy groups -OCH3 is 1. The van der Waals surface area contributed by atoms with Crippen molar-refractivity contribution in [2.45, 2.75) is 45.6 Å². The van der Waals surface area contributed by atoms with Crippen LogP contribution in [0.25, 0.3) is 0 Å². The van der Waals surface area contributed by atoms with Gasteiger partial charge in [0, 0.05) is 10.4 Å². The lowest BCUT2D eigenvalue weighted by molar-refractivity contribution is -0.115. The zero-order valence-electron chi connectivity index (χ0n) is 17.4. The van der Waals surface area contributed by atoms with E-state index in [4.69, 9.17) is 4.74 Å². The second kappa shape index (κ2) is 10.5. The molecule has 0 fully saturated rings. The summed E-state index contributed by atoms with van der Waals surface area (Å²) in [6, 6.07) is 3.80. The molecule has 0 saturated heterocycles. The number of hydrogen-bond donors (Lipinski definition) is 2. The molecule has 0 spiro atoms. The van der Waals surface area contributed by atoms with Crippen molar-refractivity contribution in [1.82, 2.24) is 10.3 Å². The molecule has 7 nitrogen and oxygen atoms in total. The van der Waals surface area contributed by atoms with Gasteiger partial charge in [0.1, 0.15) is 0 Å². The number of nitrogens with zero attached hydrogens (tertiary/aromatic N) is 1. The second-order valence-corrected chi connectivity index (χ2v) is 8.35. The van der Waals surface area contributed by atoms with Crippen LogP contribution in [0.15, 0.2) is 18.2 Å². The van der Waals surface area contributed by atoms with Crippen molar-refractivity contribution in [3.63, 3.8) is 0 Å². The number of fused-ring (bicyclic) bond motifs is 1. The number of carbonyl (C=O) groups excluding carboxylic acids is 2. The highest BCUT2D eigenvalue weighted by Gasteiger charge is 2.22. The van der Waals surface area contributed by atoms with Gasteiger partial charge in [0.2, 0.25) is 5.91 Å². The minimum absolute atomic E-state index is 0.00727. The van der Waals surface area contributed by atoms with Crippen LogP contribution in [0.4, 0.5) is 13.9 Å². The van der Waals surface area contributed by atoms with Crippen LogP contribution >= 0.6 is 11.3 Å². The molecule has 1 heterocycles. The Labute approximate surface area is 183 Å². The van der Waals surface area contributed by atoms with Crippen molar-refractivity contribution in [1.29, 1.82) is 0 Å². The van der Waals surface area contributed by atoms with Crippen molar-refractivity contribution < 1.29 is 27.8 Å². The molecule has 0 radical (unpaired) electrons. The van der Waals surface area contributed by atoms with Gasteiger partial charge in [0.05, 0.1) is 19.3 Å². The normalized spacial score (nSPS) is 15.3. The van der Waals surface area contributed by atoms with Gasteiger partial charge in [-0.05, 0) is 43.4 Å². The SMILES string of the molecule is CCCC1CCc2nc(NC(=O)CNC(=O)c3ccc(OC(F)F)c(OC)c3)sc2C1. The van der Waals surface area contributed by atoms with Crippen molar-refractivity contribution in [2.24, 2.45) is 5.92 Å². The van der Waals surface area contributed by atoms with E-state index in [1.807, 2.05) is 0 Å². The summed E-state index contributed by atoms with van der Waals surface area (Å²) in [5.74, 6) is -0.449. The molecular weight excluding hydrogens is 428 g/mol. The Bertz CT molecular complexity index is 935. The Kier molecular flexibility index (Phi) is 7.78. The summed E-state index contributed by atoms with van der Waals surface area (Å²) < 4.78 is 34.1. The van der Waals surface area contributed by atoms with Gasteiger partial charge in [-0.3, -0.25) is 9.59 Å². The molecule has 2 N–H and O–H groups in total. The molecule has 1 aliphatic carbocycles. The topological polar surface area (TPSA) is 89.6 Å². The summed E-state index contributed by atoms with van der Waals surface area (Å²) in [5.41, 5.74) is 1.20. The minimum Gasteiger partial charge on any atom is -0.493 e. The van der Waals surface area contributed by atoms with Crippen LogP contribution in [0.1, 0.15) is 47.1 Å². The number of amides is 2. The van der Waals surface area contributed by atoms with E-state index in [9.17, 15) is 18.4 Å². The number of ether oxygens (including phenoxy) is 2. The Balaban J connectivity index is 1.54. The predicted molar refractivity (Wildman–Crippen MR) is 113 cm³/mol. The number of carbonyl (C=O) groups is 2. The van der Waals surface area contributed by atoms with Gasteiger partial charge < -0.3 is 20.1 Å². The van der Waals surface area contributed by atoms with Gasteiger partial charge in [-0.2, -0.15) is 8.78 Å². The number of alkyl halides is 2. The van der Waals surface area contributed by atoms with Crippen LogP contribution in [0, 0.1) is 5.92 Å². The van der Waals surface area contributed by atoms with E-state index in [1.165, 1.54) is 47.9 Å². The maximum Gasteiger partial charge on any atom is 0.387 e. The molecule has 1 atom stereocenters. The molecule has 1 aliphatic rings. The van der Waals surface area contributed by atoms with Crippen molar-refractivity contribution in [2.75, 3.05) is 19.0 Å². The van der Waals surface area contributed by atoms with Crippen LogP contribution < -0.4 is 20.1 Å². The van der Waals surface area contributed by atoms with E-state index < -0.39 is 18.4 Å². The summed E-state index contributed by atoms with van der Waals surface area (Å²) in [6.07, 6.45) is 5.41. The van der Waals surface area contributed by atoms with Crippen LogP contribution in [-0.2, 0) is 17.6 Å². The van der Waals surface area contributed by atoms with Gasteiger partial charge in [0.15, 0.2) is 16.6 Å². The molecule has 0 bridgehead atoms. The molecule has 2 aromatic rings. The fraction of sp³-hybridized carbons (Fsp3) is 0.476. The van der Waals surface area contributed by atoms with Gasteiger partial charge >= 0.3 is 6.61 Å². The Hall–Kier alpha value is -2.75. The minimum atomic E-state index is -3.01. The van der Waals surface area contributed by atoms with Crippen LogP contribution in [-0.4, -0.2) is 37.1 Å². The summed E-state index contributed by atoms with van der Waals surface area (Å²) in [4.78, 5) is 30.3. The highest BCUT2D eigenvalue weighted by Crippen LogP contribution is 2.34. The monoisotopic (exact) mass is 453 g/mol. The first kappa shape index (κ1) is 22.9. The molecule has 10 heteroatoms. The van der Waals surface area contributed by atoms with E-state index in [2.05, 4.69) is 27.3 Å². The first-order valence-electron chi connectivity index (χ1n) is 10.1. The molecule has 31 heavy (non-hydrogen) atoms. The zero-order chi connectivity index (χ0) is 22.4. The number of nitrogens with one attached hydrogen (secondary N) is 2. The maximum absolute atomic E-state index is 12.4. The van der Waals surface area contributed by atoms with Crippen LogP contribution in [0.3, 0.4) is 0 Å². The van der Waals surface area contributed by atoms with E-state index in [-0.39, 0.29) is 23.6 Å². The molecule has 2 amide bonds.